The minimum absolute atomic E-state index is 0.0731. The van der Waals surface area contributed by atoms with Crippen molar-refractivity contribution in [1.29, 1.82) is 0 Å². The number of carbonyl (C=O) groups is 3. The van der Waals surface area contributed by atoms with Crippen LogP contribution < -0.4 is 0 Å². The molecule has 0 rings (SSSR count). The van der Waals surface area contributed by atoms with Gasteiger partial charge in [-0.1, -0.05) is 300 Å². The third kappa shape index (κ3) is 61.8. The molecule has 1 atom stereocenters. The van der Waals surface area contributed by atoms with Gasteiger partial charge in [0, 0.05) is 19.3 Å². The Morgan fingerprint density at radius 3 is 0.827 bits per heavy atom. The third-order valence-electron chi connectivity index (χ3n) is 14.5. The van der Waals surface area contributed by atoms with E-state index in [4.69, 9.17) is 14.2 Å². The van der Waals surface area contributed by atoms with E-state index in [0.717, 1.165) is 83.5 Å². The fraction of sp³-hybridized carbons (Fsp3) is 0.812. The Bertz CT molecular complexity index is 1340. The first-order valence-corrected chi connectivity index (χ1v) is 32.8. The third-order valence-corrected chi connectivity index (χ3v) is 14.5. The van der Waals surface area contributed by atoms with Crippen molar-refractivity contribution in [2.24, 2.45) is 0 Å². The first kappa shape index (κ1) is 72.1. The number of ether oxygens (including phenoxy) is 3. The van der Waals surface area contributed by atoms with E-state index in [1.807, 2.05) is 0 Å². The van der Waals surface area contributed by atoms with E-state index < -0.39 is 6.10 Å². The predicted octanol–water partition coefficient (Wildman–Crippen LogP) is 22.3. The number of rotatable bonds is 60. The van der Waals surface area contributed by atoms with E-state index in [9.17, 15) is 14.4 Å². The quantitative estimate of drug-likeness (QED) is 0.0261. The van der Waals surface area contributed by atoms with Crippen LogP contribution in [0.4, 0.5) is 0 Å². The number of allylic oxidation sites excluding steroid dienone is 10. The van der Waals surface area contributed by atoms with E-state index in [0.29, 0.717) is 19.3 Å². The zero-order chi connectivity index (χ0) is 54.3. The Morgan fingerprint density at radius 1 is 0.280 bits per heavy atom. The standard InChI is InChI=1S/C69H124O6/c1-4-7-10-13-16-19-22-25-28-31-33-34-35-36-37-39-41-44-47-50-53-56-59-62-68(71)74-65-66(64-73-67(70)61-58-55-52-49-46-43-40-30-27-24-21-18-15-12-9-6-3)75-69(72)63-60-57-54-51-48-45-42-38-32-29-26-23-20-17-14-11-8-5-2/h7,10,16,19,25,28-29,32-34,66H,4-6,8-9,11-15,17-18,20-24,26-27,30-31,35-65H2,1-3H3/b10-7-,19-16-,28-25-,32-29-,34-33-. The van der Waals surface area contributed by atoms with Crippen LogP contribution >= 0.6 is 0 Å². The summed E-state index contributed by atoms with van der Waals surface area (Å²) in [5, 5.41) is 0. The largest absolute Gasteiger partial charge is 0.462 e. The molecule has 0 aromatic carbocycles. The van der Waals surface area contributed by atoms with Crippen molar-refractivity contribution in [2.75, 3.05) is 13.2 Å². The summed E-state index contributed by atoms with van der Waals surface area (Å²) in [6.45, 7) is 6.57. The van der Waals surface area contributed by atoms with E-state index in [1.165, 1.54) is 218 Å². The Hall–Kier alpha value is -2.89. The van der Waals surface area contributed by atoms with Gasteiger partial charge < -0.3 is 14.2 Å². The van der Waals surface area contributed by atoms with Crippen LogP contribution in [0.5, 0.6) is 0 Å². The van der Waals surface area contributed by atoms with E-state index in [2.05, 4.69) is 81.5 Å². The number of esters is 3. The maximum absolute atomic E-state index is 12.9. The first-order chi connectivity index (χ1) is 37.0. The van der Waals surface area contributed by atoms with Gasteiger partial charge in [0.2, 0.25) is 0 Å². The lowest BCUT2D eigenvalue weighted by Gasteiger charge is -2.18. The second kappa shape index (κ2) is 63.6. The van der Waals surface area contributed by atoms with Gasteiger partial charge in [-0.3, -0.25) is 14.4 Å². The number of carbonyl (C=O) groups excluding carboxylic acids is 3. The SMILES string of the molecule is CC/C=C\C/C=C\C/C=C\C/C=C\CCCCCCCCCCCCC(=O)OCC(COC(=O)CCCCCCCCCCCCCCCCCC)OC(=O)CCCCCCCCC/C=C\CCCCCCCCC. The second-order valence-electron chi connectivity index (χ2n) is 22.0. The van der Waals surface area contributed by atoms with Gasteiger partial charge in [-0.2, -0.15) is 0 Å². The highest BCUT2D eigenvalue weighted by molar-refractivity contribution is 5.71. The Kier molecular flexibility index (Phi) is 61.2. The summed E-state index contributed by atoms with van der Waals surface area (Å²) in [5.41, 5.74) is 0. The first-order valence-electron chi connectivity index (χ1n) is 32.8. The van der Waals surface area contributed by atoms with Gasteiger partial charge in [-0.05, 0) is 83.5 Å². The minimum atomic E-state index is -0.777. The Morgan fingerprint density at radius 2 is 0.520 bits per heavy atom. The fourth-order valence-corrected chi connectivity index (χ4v) is 9.61. The van der Waals surface area contributed by atoms with Crippen LogP contribution in [0.2, 0.25) is 0 Å². The van der Waals surface area contributed by atoms with E-state index in [1.54, 1.807) is 0 Å². The Balaban J connectivity index is 4.33. The molecule has 0 amide bonds. The topological polar surface area (TPSA) is 78.9 Å². The summed E-state index contributed by atoms with van der Waals surface area (Å²) in [6, 6.07) is 0. The molecule has 6 nitrogen and oxygen atoms in total. The van der Waals surface area contributed by atoms with E-state index >= 15 is 0 Å². The van der Waals surface area contributed by atoms with Crippen molar-refractivity contribution in [3.8, 4) is 0 Å². The lowest BCUT2D eigenvalue weighted by molar-refractivity contribution is -0.167. The molecule has 0 saturated heterocycles. The highest BCUT2D eigenvalue weighted by atomic mass is 16.6. The maximum atomic E-state index is 12.9. The molecule has 0 fully saturated rings. The van der Waals surface area contributed by atoms with Gasteiger partial charge in [-0.25, -0.2) is 0 Å². The molecule has 0 aliphatic carbocycles. The Labute approximate surface area is 466 Å². The molecule has 0 bridgehead atoms. The molecule has 0 radical (unpaired) electrons. The van der Waals surface area contributed by atoms with Crippen molar-refractivity contribution < 1.29 is 28.6 Å². The van der Waals surface area contributed by atoms with Crippen LogP contribution in [0.3, 0.4) is 0 Å². The fourth-order valence-electron chi connectivity index (χ4n) is 9.61. The maximum Gasteiger partial charge on any atom is 0.306 e. The number of hydrogen-bond donors (Lipinski definition) is 0. The molecule has 436 valence electrons. The molecule has 0 spiro atoms. The summed E-state index contributed by atoms with van der Waals surface area (Å²) >= 11 is 0. The second-order valence-corrected chi connectivity index (χ2v) is 22.0. The lowest BCUT2D eigenvalue weighted by atomic mass is 10.0. The van der Waals surface area contributed by atoms with Crippen molar-refractivity contribution in [1.82, 2.24) is 0 Å². The van der Waals surface area contributed by atoms with Gasteiger partial charge in [0.15, 0.2) is 6.10 Å². The molecule has 0 aliphatic rings. The van der Waals surface area contributed by atoms with Crippen LogP contribution in [0.25, 0.3) is 0 Å². The van der Waals surface area contributed by atoms with Crippen LogP contribution in [0.1, 0.15) is 342 Å². The zero-order valence-corrected chi connectivity index (χ0v) is 50.1. The van der Waals surface area contributed by atoms with Crippen LogP contribution in [0.15, 0.2) is 60.8 Å². The van der Waals surface area contributed by atoms with Crippen molar-refractivity contribution in [2.45, 2.75) is 348 Å². The summed E-state index contributed by atoms with van der Waals surface area (Å²) in [6.07, 6.45) is 80.8. The monoisotopic (exact) mass is 1050 g/mol. The van der Waals surface area contributed by atoms with E-state index in [-0.39, 0.29) is 31.1 Å². The number of hydrogen-bond acceptors (Lipinski definition) is 6. The molecule has 1 unspecified atom stereocenters. The lowest BCUT2D eigenvalue weighted by Crippen LogP contribution is -2.30. The van der Waals surface area contributed by atoms with Crippen molar-refractivity contribution in [3.63, 3.8) is 0 Å². The van der Waals surface area contributed by atoms with Gasteiger partial charge in [-0.15, -0.1) is 0 Å². The zero-order valence-electron chi connectivity index (χ0n) is 50.1. The van der Waals surface area contributed by atoms with Gasteiger partial charge in [0.05, 0.1) is 0 Å². The normalized spacial score (nSPS) is 12.4. The van der Waals surface area contributed by atoms with Crippen LogP contribution in [-0.4, -0.2) is 37.2 Å². The molecular weight excluding hydrogens is 925 g/mol. The summed E-state index contributed by atoms with van der Waals surface area (Å²) in [7, 11) is 0. The minimum Gasteiger partial charge on any atom is -0.462 e. The summed E-state index contributed by atoms with van der Waals surface area (Å²) in [5.74, 6) is -0.861. The summed E-state index contributed by atoms with van der Waals surface area (Å²) < 4.78 is 17.0. The predicted molar refractivity (Wildman–Crippen MR) is 325 cm³/mol. The molecule has 6 heteroatoms. The molecule has 0 N–H and O–H groups in total. The van der Waals surface area contributed by atoms with Crippen molar-refractivity contribution in [3.05, 3.63) is 60.8 Å². The molecule has 0 aliphatic heterocycles. The van der Waals surface area contributed by atoms with Gasteiger partial charge in [0.1, 0.15) is 13.2 Å². The van der Waals surface area contributed by atoms with Crippen LogP contribution in [0, 0.1) is 0 Å². The molecule has 75 heavy (non-hydrogen) atoms. The van der Waals surface area contributed by atoms with Crippen LogP contribution in [-0.2, 0) is 28.6 Å². The molecule has 0 aromatic heterocycles. The van der Waals surface area contributed by atoms with Gasteiger partial charge in [0.25, 0.3) is 0 Å². The molecule has 0 saturated carbocycles. The van der Waals surface area contributed by atoms with Crippen molar-refractivity contribution >= 4 is 17.9 Å². The highest BCUT2D eigenvalue weighted by Gasteiger charge is 2.19. The smallest absolute Gasteiger partial charge is 0.306 e. The highest BCUT2D eigenvalue weighted by Crippen LogP contribution is 2.17. The molecular formula is C69H124O6. The average molecular weight is 1050 g/mol. The molecule has 0 heterocycles. The summed E-state index contributed by atoms with van der Waals surface area (Å²) in [4.78, 5) is 38.4. The molecule has 0 aromatic rings. The van der Waals surface area contributed by atoms with Gasteiger partial charge >= 0.3 is 17.9 Å². The average Bonchev–Trinajstić information content (AvgIpc) is 3.41. The number of unbranched alkanes of at least 4 members (excludes halogenated alkanes) is 39.